The van der Waals surface area contributed by atoms with Gasteiger partial charge in [0.05, 0.1) is 22.2 Å². The minimum atomic E-state index is -4.58. The lowest BCUT2D eigenvalue weighted by molar-refractivity contribution is -0.137. The van der Waals surface area contributed by atoms with Gasteiger partial charge in [0.1, 0.15) is 0 Å². The van der Waals surface area contributed by atoms with Crippen molar-refractivity contribution in [2.45, 2.75) is 18.3 Å². The van der Waals surface area contributed by atoms with Gasteiger partial charge in [0.15, 0.2) is 0 Å². The third kappa shape index (κ3) is 2.95. The molecule has 4 aromatic rings. The normalized spacial score (nSPS) is 12.1. The van der Waals surface area contributed by atoms with E-state index in [-0.39, 0.29) is 11.1 Å². The number of pyridine rings is 1. The SMILES string of the molecule is CCSc1nc2ncc3c(=O)n(-c4ccccc4C(F)(F)F)ccc3n2n1. The molecule has 0 aliphatic carbocycles. The molecule has 27 heavy (non-hydrogen) atoms. The summed E-state index contributed by atoms with van der Waals surface area (Å²) in [6.07, 6.45) is -1.96. The van der Waals surface area contributed by atoms with Gasteiger partial charge in [0.25, 0.3) is 11.3 Å². The topological polar surface area (TPSA) is 65.1 Å². The zero-order valence-corrected chi connectivity index (χ0v) is 14.8. The first-order chi connectivity index (χ1) is 12.9. The molecule has 138 valence electrons. The third-order valence-electron chi connectivity index (χ3n) is 3.96. The van der Waals surface area contributed by atoms with Crippen LogP contribution in [0, 0.1) is 0 Å². The number of hydrogen-bond donors (Lipinski definition) is 0. The van der Waals surface area contributed by atoms with Crippen LogP contribution in [0.1, 0.15) is 12.5 Å². The van der Waals surface area contributed by atoms with Crippen molar-refractivity contribution in [1.29, 1.82) is 0 Å². The Kier molecular flexibility index (Phi) is 4.14. The van der Waals surface area contributed by atoms with E-state index >= 15 is 0 Å². The minimum Gasteiger partial charge on any atom is -0.283 e. The number of halogens is 3. The van der Waals surface area contributed by atoms with Gasteiger partial charge in [0, 0.05) is 12.4 Å². The van der Waals surface area contributed by atoms with Crippen molar-refractivity contribution < 1.29 is 13.2 Å². The summed E-state index contributed by atoms with van der Waals surface area (Å²) in [4.78, 5) is 21.2. The minimum absolute atomic E-state index is 0.153. The quantitative estimate of drug-likeness (QED) is 0.500. The van der Waals surface area contributed by atoms with Gasteiger partial charge in [-0.05, 0) is 24.0 Å². The molecule has 0 unspecified atom stereocenters. The van der Waals surface area contributed by atoms with Crippen LogP contribution >= 0.6 is 11.8 Å². The molecule has 1 aromatic carbocycles. The number of alkyl halides is 3. The maximum atomic E-state index is 13.3. The predicted molar refractivity (Wildman–Crippen MR) is 95.3 cm³/mol. The monoisotopic (exact) mass is 391 g/mol. The van der Waals surface area contributed by atoms with Crippen molar-refractivity contribution in [3.05, 3.63) is 58.6 Å². The molecule has 0 aliphatic rings. The van der Waals surface area contributed by atoms with Gasteiger partial charge < -0.3 is 0 Å². The van der Waals surface area contributed by atoms with Crippen LogP contribution in [-0.2, 0) is 6.18 Å². The highest BCUT2D eigenvalue weighted by Crippen LogP contribution is 2.33. The Morgan fingerprint density at radius 2 is 1.96 bits per heavy atom. The molecular weight excluding hydrogens is 379 g/mol. The molecule has 0 amide bonds. The molecule has 0 radical (unpaired) electrons. The summed E-state index contributed by atoms with van der Waals surface area (Å²) in [6, 6.07) is 6.47. The van der Waals surface area contributed by atoms with Gasteiger partial charge in [-0.25, -0.2) is 4.98 Å². The van der Waals surface area contributed by atoms with Gasteiger partial charge in [-0.3, -0.25) is 9.36 Å². The lowest BCUT2D eigenvalue weighted by Crippen LogP contribution is -2.22. The summed E-state index contributed by atoms with van der Waals surface area (Å²) in [7, 11) is 0. The average Bonchev–Trinajstić information content (AvgIpc) is 3.05. The number of aromatic nitrogens is 5. The average molecular weight is 391 g/mol. The molecule has 6 nitrogen and oxygen atoms in total. The highest BCUT2D eigenvalue weighted by atomic mass is 32.2. The first-order valence-electron chi connectivity index (χ1n) is 7.96. The second-order valence-electron chi connectivity index (χ2n) is 5.60. The molecule has 3 heterocycles. The van der Waals surface area contributed by atoms with E-state index in [1.165, 1.54) is 52.9 Å². The lowest BCUT2D eigenvalue weighted by Gasteiger charge is -2.14. The molecule has 0 saturated heterocycles. The summed E-state index contributed by atoms with van der Waals surface area (Å²) >= 11 is 1.43. The van der Waals surface area contributed by atoms with E-state index in [0.717, 1.165) is 16.4 Å². The first kappa shape index (κ1) is 17.5. The van der Waals surface area contributed by atoms with E-state index in [9.17, 15) is 18.0 Å². The van der Waals surface area contributed by atoms with Gasteiger partial charge in [-0.1, -0.05) is 30.8 Å². The second-order valence-corrected chi connectivity index (χ2v) is 6.83. The zero-order valence-electron chi connectivity index (χ0n) is 13.9. The Balaban J connectivity index is 1.97. The zero-order chi connectivity index (χ0) is 19.2. The van der Waals surface area contributed by atoms with Gasteiger partial charge in [-0.15, -0.1) is 5.10 Å². The van der Waals surface area contributed by atoms with Crippen molar-refractivity contribution in [1.82, 2.24) is 24.1 Å². The van der Waals surface area contributed by atoms with Gasteiger partial charge in [0.2, 0.25) is 5.16 Å². The maximum Gasteiger partial charge on any atom is 0.418 e. The van der Waals surface area contributed by atoms with Gasteiger partial charge in [-0.2, -0.15) is 22.7 Å². The largest absolute Gasteiger partial charge is 0.418 e. The number of thioether (sulfide) groups is 1. The van der Waals surface area contributed by atoms with Crippen molar-refractivity contribution in [2.24, 2.45) is 0 Å². The van der Waals surface area contributed by atoms with E-state index in [2.05, 4.69) is 15.1 Å². The molecule has 4 rings (SSSR count). The molecule has 0 saturated carbocycles. The first-order valence-corrected chi connectivity index (χ1v) is 8.95. The standard InChI is InChI=1S/C17H12F3N5OS/c1-2-27-16-22-15-21-9-10-12(25(15)23-16)7-8-24(14(10)26)13-6-4-3-5-11(13)17(18,19)20/h3-9H,2H2,1H3. The van der Waals surface area contributed by atoms with Crippen molar-refractivity contribution in [2.75, 3.05) is 5.75 Å². The van der Waals surface area contributed by atoms with Crippen LogP contribution in [0.4, 0.5) is 13.2 Å². The molecule has 0 fully saturated rings. The van der Waals surface area contributed by atoms with Crippen LogP contribution in [0.5, 0.6) is 0 Å². The molecule has 3 aromatic heterocycles. The van der Waals surface area contributed by atoms with Crippen LogP contribution < -0.4 is 5.56 Å². The Morgan fingerprint density at radius 3 is 2.70 bits per heavy atom. The fraction of sp³-hybridized carbons (Fsp3) is 0.176. The predicted octanol–water partition coefficient (Wildman–Crippen LogP) is 3.56. The van der Waals surface area contributed by atoms with Crippen LogP contribution in [-0.4, -0.2) is 29.9 Å². The fourth-order valence-corrected chi connectivity index (χ4v) is 3.35. The Labute approximate surface area is 154 Å². The molecule has 0 spiro atoms. The van der Waals surface area contributed by atoms with Gasteiger partial charge >= 0.3 is 6.18 Å². The number of para-hydroxylation sites is 1. The summed E-state index contributed by atoms with van der Waals surface area (Å²) in [5.74, 6) is 1.10. The van der Waals surface area contributed by atoms with E-state index in [1.807, 2.05) is 6.92 Å². The molecule has 0 aliphatic heterocycles. The second kappa shape index (κ2) is 6.38. The fourth-order valence-electron chi connectivity index (χ4n) is 2.80. The van der Waals surface area contributed by atoms with E-state index in [4.69, 9.17) is 0 Å². The highest BCUT2D eigenvalue weighted by molar-refractivity contribution is 7.99. The molecule has 0 N–H and O–H groups in total. The van der Waals surface area contributed by atoms with Crippen LogP contribution in [0.3, 0.4) is 0 Å². The Bertz CT molecular complexity index is 1210. The number of benzene rings is 1. The molecular formula is C17H12F3N5OS. The van der Waals surface area contributed by atoms with Crippen LogP contribution in [0.25, 0.3) is 22.4 Å². The van der Waals surface area contributed by atoms with E-state index in [0.29, 0.717) is 16.5 Å². The lowest BCUT2D eigenvalue weighted by atomic mass is 10.1. The van der Waals surface area contributed by atoms with Crippen molar-refractivity contribution in [3.63, 3.8) is 0 Å². The summed E-state index contributed by atoms with van der Waals surface area (Å²) in [5, 5.41) is 4.98. The molecule has 0 atom stereocenters. The summed E-state index contributed by atoms with van der Waals surface area (Å²) in [5.41, 5.74) is -1.30. The number of rotatable bonds is 3. The summed E-state index contributed by atoms with van der Waals surface area (Å²) in [6.45, 7) is 1.96. The Morgan fingerprint density at radius 1 is 1.19 bits per heavy atom. The maximum absolute atomic E-state index is 13.3. The van der Waals surface area contributed by atoms with Crippen LogP contribution in [0.15, 0.2) is 52.7 Å². The number of hydrogen-bond acceptors (Lipinski definition) is 5. The van der Waals surface area contributed by atoms with Crippen molar-refractivity contribution in [3.8, 4) is 5.69 Å². The van der Waals surface area contributed by atoms with Crippen LogP contribution in [0.2, 0.25) is 0 Å². The molecule has 10 heteroatoms. The van der Waals surface area contributed by atoms with E-state index in [1.54, 1.807) is 0 Å². The van der Waals surface area contributed by atoms with Crippen molar-refractivity contribution >= 4 is 28.4 Å². The number of fused-ring (bicyclic) bond motifs is 3. The Hall–Kier alpha value is -2.88. The molecule has 0 bridgehead atoms. The van der Waals surface area contributed by atoms with E-state index < -0.39 is 17.3 Å². The smallest absolute Gasteiger partial charge is 0.283 e. The highest BCUT2D eigenvalue weighted by Gasteiger charge is 2.34. The number of nitrogens with zero attached hydrogens (tertiary/aromatic N) is 5. The summed E-state index contributed by atoms with van der Waals surface area (Å²) < 4.78 is 42.3. The third-order valence-corrected chi connectivity index (χ3v) is 4.68.